The summed E-state index contributed by atoms with van der Waals surface area (Å²) in [4.78, 5) is 11.6. The zero-order chi connectivity index (χ0) is 13.1. The molecule has 5 heteroatoms. The highest BCUT2D eigenvalue weighted by Crippen LogP contribution is 2.26. The number of anilines is 1. The molecule has 1 rings (SSSR count). The van der Waals surface area contributed by atoms with Crippen molar-refractivity contribution < 1.29 is 9.53 Å². The first-order chi connectivity index (χ1) is 7.91. The van der Waals surface area contributed by atoms with Crippen LogP contribution in [-0.2, 0) is 9.53 Å². The van der Waals surface area contributed by atoms with Gasteiger partial charge in [0.2, 0.25) is 5.91 Å². The number of methoxy groups -OCH3 is 1. The van der Waals surface area contributed by atoms with Crippen LogP contribution in [0.25, 0.3) is 0 Å². The largest absolute Gasteiger partial charge is 0.379 e. The first-order valence-electron chi connectivity index (χ1n) is 5.27. The lowest BCUT2D eigenvalue weighted by Gasteiger charge is -2.33. The summed E-state index contributed by atoms with van der Waals surface area (Å²) >= 11 is 6.03. The van der Waals surface area contributed by atoms with Crippen molar-refractivity contribution in [1.29, 1.82) is 0 Å². The van der Waals surface area contributed by atoms with Gasteiger partial charge < -0.3 is 15.8 Å². The molecule has 1 aromatic rings. The molecule has 0 aliphatic heterocycles. The van der Waals surface area contributed by atoms with Gasteiger partial charge >= 0.3 is 0 Å². The van der Waals surface area contributed by atoms with Crippen LogP contribution >= 0.6 is 11.6 Å². The van der Waals surface area contributed by atoms with Gasteiger partial charge in [0, 0.05) is 7.11 Å². The van der Waals surface area contributed by atoms with Crippen LogP contribution in [0.5, 0.6) is 0 Å². The van der Waals surface area contributed by atoms with Gasteiger partial charge in [-0.25, -0.2) is 0 Å². The van der Waals surface area contributed by atoms with Crippen molar-refractivity contribution in [1.82, 2.24) is 0 Å². The molecule has 0 aromatic heterocycles. The van der Waals surface area contributed by atoms with Gasteiger partial charge in [0.1, 0.15) is 5.54 Å². The number of amides is 1. The zero-order valence-corrected chi connectivity index (χ0v) is 10.9. The number of benzene rings is 1. The summed E-state index contributed by atoms with van der Waals surface area (Å²) in [5, 5.41) is 3.57. The molecule has 0 radical (unpaired) electrons. The Balaban J connectivity index is 3.03. The van der Waals surface area contributed by atoms with E-state index in [9.17, 15) is 4.79 Å². The molecule has 2 atom stereocenters. The Bertz CT molecular complexity index is 411. The highest BCUT2D eigenvalue weighted by atomic mass is 35.5. The van der Waals surface area contributed by atoms with Crippen LogP contribution in [-0.4, -0.2) is 24.7 Å². The van der Waals surface area contributed by atoms with Gasteiger partial charge in [-0.3, -0.25) is 4.79 Å². The zero-order valence-electron chi connectivity index (χ0n) is 10.2. The predicted octanol–water partition coefficient (Wildman–Crippen LogP) is 2.03. The number of para-hydroxylation sites is 1. The molecule has 0 saturated carbocycles. The summed E-state index contributed by atoms with van der Waals surface area (Å²) in [6, 6.07) is 7.16. The minimum atomic E-state index is -1.01. The molecule has 94 valence electrons. The number of ether oxygens (including phenoxy) is 1. The Kier molecular flexibility index (Phi) is 4.37. The van der Waals surface area contributed by atoms with Gasteiger partial charge in [-0.2, -0.15) is 0 Å². The molecule has 0 bridgehead atoms. The Morgan fingerprint density at radius 2 is 2.12 bits per heavy atom. The first-order valence-corrected chi connectivity index (χ1v) is 5.65. The normalized spacial score (nSPS) is 16.0. The number of nitrogens with one attached hydrogen (secondary N) is 1. The number of halogens is 1. The second-order valence-electron chi connectivity index (χ2n) is 4.05. The molecule has 3 N–H and O–H groups in total. The van der Waals surface area contributed by atoms with Gasteiger partial charge in [-0.15, -0.1) is 0 Å². The standard InChI is InChI=1S/C12H17ClN2O2/c1-8(17-3)12(2,11(14)16)15-10-7-5-4-6-9(10)13/h4-8,15H,1-3H3,(H2,14,16). The fraction of sp³-hybridized carbons (Fsp3) is 0.417. The van der Waals surface area contributed by atoms with E-state index < -0.39 is 11.4 Å². The van der Waals surface area contributed by atoms with E-state index in [0.29, 0.717) is 10.7 Å². The molecule has 1 amide bonds. The number of primary amides is 1. The molecule has 2 unspecified atom stereocenters. The average molecular weight is 257 g/mol. The molecule has 0 fully saturated rings. The summed E-state index contributed by atoms with van der Waals surface area (Å²) in [5.41, 5.74) is 5.06. The lowest BCUT2D eigenvalue weighted by atomic mass is 9.94. The second-order valence-corrected chi connectivity index (χ2v) is 4.46. The lowest BCUT2D eigenvalue weighted by molar-refractivity contribution is -0.125. The number of carbonyl (C=O) groups excluding carboxylic acids is 1. The van der Waals surface area contributed by atoms with Crippen molar-refractivity contribution in [3.63, 3.8) is 0 Å². The quantitative estimate of drug-likeness (QED) is 0.847. The van der Waals surface area contributed by atoms with E-state index in [2.05, 4.69) is 5.32 Å². The minimum Gasteiger partial charge on any atom is -0.379 e. The van der Waals surface area contributed by atoms with Gasteiger partial charge in [-0.05, 0) is 26.0 Å². The fourth-order valence-corrected chi connectivity index (χ4v) is 1.62. The van der Waals surface area contributed by atoms with Crippen molar-refractivity contribution in [3.05, 3.63) is 29.3 Å². The minimum absolute atomic E-state index is 0.378. The summed E-state index contributed by atoms with van der Waals surface area (Å²) in [7, 11) is 1.53. The van der Waals surface area contributed by atoms with Crippen molar-refractivity contribution in [2.75, 3.05) is 12.4 Å². The third kappa shape index (κ3) is 2.90. The molecule has 0 spiro atoms. The Morgan fingerprint density at radius 1 is 1.53 bits per heavy atom. The van der Waals surface area contributed by atoms with Gasteiger partial charge in [0.15, 0.2) is 0 Å². The molecule has 0 aliphatic carbocycles. The topological polar surface area (TPSA) is 64.3 Å². The predicted molar refractivity (Wildman–Crippen MR) is 69.1 cm³/mol. The molecule has 17 heavy (non-hydrogen) atoms. The van der Waals surface area contributed by atoms with Crippen molar-refractivity contribution in [2.24, 2.45) is 5.73 Å². The van der Waals surface area contributed by atoms with E-state index in [1.807, 2.05) is 12.1 Å². The summed E-state index contributed by atoms with van der Waals surface area (Å²) in [6.07, 6.45) is -0.378. The van der Waals surface area contributed by atoms with Crippen molar-refractivity contribution >= 4 is 23.2 Å². The first kappa shape index (κ1) is 13.8. The SMILES string of the molecule is COC(C)C(C)(Nc1ccccc1Cl)C(N)=O. The van der Waals surface area contributed by atoms with Gasteiger partial charge in [0.05, 0.1) is 16.8 Å². The number of hydrogen-bond acceptors (Lipinski definition) is 3. The smallest absolute Gasteiger partial charge is 0.245 e. The van der Waals surface area contributed by atoms with Crippen LogP contribution in [0.1, 0.15) is 13.8 Å². The highest BCUT2D eigenvalue weighted by molar-refractivity contribution is 6.33. The number of rotatable bonds is 5. The maximum absolute atomic E-state index is 11.6. The molecular weight excluding hydrogens is 240 g/mol. The Labute approximate surface area is 106 Å². The third-order valence-electron chi connectivity index (χ3n) is 2.95. The van der Waals surface area contributed by atoms with E-state index in [1.165, 1.54) is 7.11 Å². The van der Waals surface area contributed by atoms with Crippen LogP contribution in [0, 0.1) is 0 Å². The van der Waals surface area contributed by atoms with E-state index in [4.69, 9.17) is 22.1 Å². The second kappa shape index (κ2) is 5.38. The van der Waals surface area contributed by atoms with Crippen LogP contribution in [0.15, 0.2) is 24.3 Å². The van der Waals surface area contributed by atoms with E-state index in [0.717, 1.165) is 0 Å². The Hall–Kier alpha value is -1.26. The molecule has 0 heterocycles. The highest BCUT2D eigenvalue weighted by Gasteiger charge is 2.37. The van der Waals surface area contributed by atoms with Crippen LogP contribution < -0.4 is 11.1 Å². The lowest BCUT2D eigenvalue weighted by Crippen LogP contribution is -2.56. The molecule has 1 aromatic carbocycles. The van der Waals surface area contributed by atoms with Crippen LogP contribution in [0.2, 0.25) is 5.02 Å². The number of nitrogens with two attached hydrogens (primary N) is 1. The summed E-state index contributed by atoms with van der Waals surface area (Å²) in [5.74, 6) is -0.494. The average Bonchev–Trinajstić information content (AvgIpc) is 2.30. The molecule has 0 aliphatic rings. The van der Waals surface area contributed by atoms with Crippen molar-refractivity contribution in [3.8, 4) is 0 Å². The summed E-state index contributed by atoms with van der Waals surface area (Å²) in [6.45, 7) is 3.46. The number of hydrogen-bond donors (Lipinski definition) is 2. The van der Waals surface area contributed by atoms with E-state index >= 15 is 0 Å². The maximum atomic E-state index is 11.6. The maximum Gasteiger partial charge on any atom is 0.245 e. The third-order valence-corrected chi connectivity index (χ3v) is 3.28. The van der Waals surface area contributed by atoms with Crippen LogP contribution in [0.3, 0.4) is 0 Å². The summed E-state index contributed by atoms with van der Waals surface area (Å²) < 4.78 is 5.18. The van der Waals surface area contributed by atoms with Gasteiger partial charge in [0.25, 0.3) is 0 Å². The monoisotopic (exact) mass is 256 g/mol. The molecule has 0 saturated heterocycles. The van der Waals surface area contributed by atoms with E-state index in [-0.39, 0.29) is 6.10 Å². The molecular formula is C12H17ClN2O2. The van der Waals surface area contributed by atoms with Crippen LogP contribution in [0.4, 0.5) is 5.69 Å². The fourth-order valence-electron chi connectivity index (χ4n) is 1.44. The van der Waals surface area contributed by atoms with Crippen molar-refractivity contribution in [2.45, 2.75) is 25.5 Å². The van der Waals surface area contributed by atoms with Gasteiger partial charge in [-0.1, -0.05) is 23.7 Å². The Morgan fingerprint density at radius 3 is 2.59 bits per heavy atom. The number of carbonyl (C=O) groups is 1. The van der Waals surface area contributed by atoms with E-state index in [1.54, 1.807) is 26.0 Å². The molecule has 4 nitrogen and oxygen atoms in total.